The Balaban J connectivity index is 2.66. The van der Waals surface area contributed by atoms with E-state index in [2.05, 4.69) is 16.6 Å². The summed E-state index contributed by atoms with van der Waals surface area (Å²) in [6, 6.07) is 1.98. The third kappa shape index (κ3) is 3.85. The lowest BCUT2D eigenvalue weighted by molar-refractivity contribution is -0.115. The molecule has 1 rings (SSSR count). The first-order chi connectivity index (χ1) is 8.04. The third-order valence-corrected chi connectivity index (χ3v) is 2.04. The van der Waals surface area contributed by atoms with Gasteiger partial charge < -0.3 is 5.32 Å². The van der Waals surface area contributed by atoms with E-state index in [9.17, 15) is 13.6 Å². The fourth-order valence-electron chi connectivity index (χ4n) is 1.18. The topological polar surface area (TPSA) is 41.1 Å². The molecule has 0 saturated carbocycles. The van der Waals surface area contributed by atoms with Crippen molar-refractivity contribution in [3.05, 3.63) is 29.3 Å². The molecule has 0 unspecified atom stereocenters. The molecule has 2 N–H and O–H groups in total. The fraction of sp³-hybridized carbons (Fsp3) is 0.250. The molecule has 5 heteroatoms. The molecule has 90 valence electrons. The van der Waals surface area contributed by atoms with Crippen molar-refractivity contribution in [2.75, 3.05) is 18.4 Å². The molecule has 0 atom stereocenters. The Morgan fingerprint density at radius 3 is 2.76 bits per heavy atom. The number of anilines is 1. The number of carbonyl (C=O) groups excluding carboxylic acids is 1. The van der Waals surface area contributed by atoms with Crippen molar-refractivity contribution in [2.24, 2.45) is 0 Å². The van der Waals surface area contributed by atoms with Crippen LogP contribution >= 0.6 is 0 Å². The van der Waals surface area contributed by atoms with E-state index in [4.69, 9.17) is 6.42 Å². The van der Waals surface area contributed by atoms with Gasteiger partial charge >= 0.3 is 0 Å². The fourth-order valence-corrected chi connectivity index (χ4v) is 1.18. The van der Waals surface area contributed by atoms with Crippen molar-refractivity contribution < 1.29 is 13.6 Å². The molecule has 1 amide bonds. The standard InChI is InChI=1S/C12H12F2N2O/c1-3-4-15-7-12(17)16-11-6-9(13)8(2)5-10(11)14/h1,5-6,15H,4,7H2,2H3,(H,16,17). The van der Waals surface area contributed by atoms with Gasteiger partial charge in [0.2, 0.25) is 5.91 Å². The van der Waals surface area contributed by atoms with Crippen LogP contribution in [-0.2, 0) is 4.79 Å². The number of carbonyl (C=O) groups is 1. The van der Waals surface area contributed by atoms with E-state index in [0.717, 1.165) is 12.1 Å². The molecule has 0 saturated heterocycles. The molecule has 3 nitrogen and oxygen atoms in total. The van der Waals surface area contributed by atoms with Crippen LogP contribution in [0.4, 0.5) is 14.5 Å². The highest BCUT2D eigenvalue weighted by molar-refractivity contribution is 5.92. The Morgan fingerprint density at radius 2 is 2.12 bits per heavy atom. The molecule has 0 radical (unpaired) electrons. The van der Waals surface area contributed by atoms with Crippen LogP contribution in [0.15, 0.2) is 12.1 Å². The van der Waals surface area contributed by atoms with Crippen LogP contribution in [0.5, 0.6) is 0 Å². The zero-order chi connectivity index (χ0) is 12.8. The van der Waals surface area contributed by atoms with E-state index < -0.39 is 17.5 Å². The molecule has 0 aliphatic rings. The largest absolute Gasteiger partial charge is 0.322 e. The third-order valence-electron chi connectivity index (χ3n) is 2.04. The minimum atomic E-state index is -0.672. The SMILES string of the molecule is C#CCNCC(=O)Nc1cc(F)c(C)cc1F. The molecule has 0 aliphatic carbocycles. The number of hydrogen-bond acceptors (Lipinski definition) is 2. The summed E-state index contributed by atoms with van der Waals surface area (Å²) in [6.45, 7) is 1.62. The first-order valence-corrected chi connectivity index (χ1v) is 4.94. The molecule has 0 bridgehead atoms. The molecular formula is C12H12F2N2O. The molecule has 1 aromatic rings. The monoisotopic (exact) mass is 238 g/mol. The van der Waals surface area contributed by atoms with Gasteiger partial charge in [0.1, 0.15) is 11.6 Å². The predicted octanol–water partition coefficient (Wildman–Crippen LogP) is 1.43. The highest BCUT2D eigenvalue weighted by Crippen LogP contribution is 2.18. The summed E-state index contributed by atoms with van der Waals surface area (Å²) in [4.78, 5) is 11.3. The van der Waals surface area contributed by atoms with Crippen LogP contribution in [0.1, 0.15) is 5.56 Å². The van der Waals surface area contributed by atoms with Crippen molar-refractivity contribution in [1.29, 1.82) is 0 Å². The molecule has 0 spiro atoms. The maximum atomic E-state index is 13.3. The predicted molar refractivity (Wildman–Crippen MR) is 61.4 cm³/mol. The number of benzene rings is 1. The lowest BCUT2D eigenvalue weighted by Crippen LogP contribution is -2.28. The Labute approximate surface area is 98.2 Å². The van der Waals surface area contributed by atoms with Crippen LogP contribution in [0.25, 0.3) is 0 Å². The van der Waals surface area contributed by atoms with Gasteiger partial charge in [-0.15, -0.1) is 6.42 Å². The molecule has 0 fully saturated rings. The maximum Gasteiger partial charge on any atom is 0.238 e. The minimum Gasteiger partial charge on any atom is -0.322 e. The number of hydrogen-bond donors (Lipinski definition) is 2. The zero-order valence-corrected chi connectivity index (χ0v) is 9.31. The quantitative estimate of drug-likeness (QED) is 0.615. The second-order valence-electron chi connectivity index (χ2n) is 3.44. The zero-order valence-electron chi connectivity index (χ0n) is 9.31. The molecule has 0 aliphatic heterocycles. The highest BCUT2D eigenvalue weighted by atomic mass is 19.1. The van der Waals surface area contributed by atoms with Gasteiger partial charge in [-0.3, -0.25) is 10.1 Å². The minimum absolute atomic E-state index is 0.0564. The van der Waals surface area contributed by atoms with Crippen LogP contribution in [0.3, 0.4) is 0 Å². The summed E-state index contributed by atoms with van der Waals surface area (Å²) in [5.41, 5.74) is 0.00608. The van der Waals surface area contributed by atoms with Gasteiger partial charge in [0, 0.05) is 6.07 Å². The Hall–Kier alpha value is -1.93. The van der Waals surface area contributed by atoms with Gasteiger partial charge in [-0.1, -0.05) is 5.92 Å². The van der Waals surface area contributed by atoms with Gasteiger partial charge in [-0.05, 0) is 18.6 Å². The Bertz CT molecular complexity index is 466. The highest BCUT2D eigenvalue weighted by Gasteiger charge is 2.09. The van der Waals surface area contributed by atoms with Crippen molar-refractivity contribution in [2.45, 2.75) is 6.92 Å². The number of halogens is 2. The number of rotatable bonds is 4. The first kappa shape index (κ1) is 13.1. The van der Waals surface area contributed by atoms with Gasteiger partial charge in [0.05, 0.1) is 18.8 Å². The van der Waals surface area contributed by atoms with Gasteiger partial charge in [0.15, 0.2) is 0 Å². The number of terminal acetylenes is 1. The van der Waals surface area contributed by atoms with Gasteiger partial charge in [-0.25, -0.2) is 8.78 Å². The molecule has 0 aromatic heterocycles. The maximum absolute atomic E-state index is 13.3. The number of aryl methyl sites for hydroxylation is 1. The van der Waals surface area contributed by atoms with Crippen molar-refractivity contribution in [3.8, 4) is 12.3 Å². The molecule has 1 aromatic carbocycles. The van der Waals surface area contributed by atoms with E-state index in [1.807, 2.05) is 0 Å². The van der Waals surface area contributed by atoms with E-state index in [0.29, 0.717) is 0 Å². The second kappa shape index (κ2) is 5.97. The van der Waals surface area contributed by atoms with E-state index in [1.165, 1.54) is 6.92 Å². The average Bonchev–Trinajstić information content (AvgIpc) is 2.26. The Kier molecular flexibility index (Phi) is 4.61. The lowest BCUT2D eigenvalue weighted by Gasteiger charge is -2.07. The van der Waals surface area contributed by atoms with Crippen LogP contribution in [0, 0.1) is 30.9 Å². The summed E-state index contributed by atoms with van der Waals surface area (Å²) >= 11 is 0. The summed E-state index contributed by atoms with van der Waals surface area (Å²) in [7, 11) is 0. The molecular weight excluding hydrogens is 226 g/mol. The number of amides is 1. The number of nitrogens with one attached hydrogen (secondary N) is 2. The normalized spacial score (nSPS) is 9.76. The van der Waals surface area contributed by atoms with Crippen molar-refractivity contribution in [1.82, 2.24) is 5.32 Å². The molecule has 0 heterocycles. The van der Waals surface area contributed by atoms with E-state index >= 15 is 0 Å². The van der Waals surface area contributed by atoms with Crippen LogP contribution in [0.2, 0.25) is 0 Å². The van der Waals surface area contributed by atoms with Crippen LogP contribution in [-0.4, -0.2) is 19.0 Å². The average molecular weight is 238 g/mol. The summed E-state index contributed by atoms with van der Waals surface area (Å²) in [6.07, 6.45) is 4.97. The lowest BCUT2D eigenvalue weighted by atomic mass is 10.2. The van der Waals surface area contributed by atoms with Crippen molar-refractivity contribution >= 4 is 11.6 Å². The smallest absolute Gasteiger partial charge is 0.238 e. The Morgan fingerprint density at radius 1 is 1.41 bits per heavy atom. The van der Waals surface area contributed by atoms with Crippen LogP contribution < -0.4 is 10.6 Å². The first-order valence-electron chi connectivity index (χ1n) is 4.94. The van der Waals surface area contributed by atoms with Gasteiger partial charge in [-0.2, -0.15) is 0 Å². The summed E-state index contributed by atoms with van der Waals surface area (Å²) < 4.78 is 26.5. The summed E-state index contributed by atoms with van der Waals surface area (Å²) in [5, 5.41) is 4.89. The van der Waals surface area contributed by atoms with Crippen molar-refractivity contribution in [3.63, 3.8) is 0 Å². The van der Waals surface area contributed by atoms with E-state index in [1.54, 1.807) is 0 Å². The second-order valence-corrected chi connectivity index (χ2v) is 3.44. The molecule has 17 heavy (non-hydrogen) atoms. The summed E-state index contributed by atoms with van der Waals surface area (Å²) in [5.74, 6) is 0.563. The van der Waals surface area contributed by atoms with Gasteiger partial charge in [0.25, 0.3) is 0 Å². The van der Waals surface area contributed by atoms with E-state index in [-0.39, 0.29) is 24.3 Å².